The van der Waals surface area contributed by atoms with Crippen LogP contribution in [0.1, 0.15) is 28.4 Å². The van der Waals surface area contributed by atoms with E-state index in [1.807, 2.05) is 6.07 Å². The highest BCUT2D eigenvalue weighted by Crippen LogP contribution is 2.25. The Bertz CT molecular complexity index is 828. The molecular formula is C19H18N2O3S. The Morgan fingerprint density at radius 2 is 2.04 bits per heavy atom. The summed E-state index contributed by atoms with van der Waals surface area (Å²) in [6.45, 7) is 1.52. The van der Waals surface area contributed by atoms with Crippen molar-refractivity contribution in [2.75, 3.05) is 18.2 Å². The van der Waals surface area contributed by atoms with Crippen molar-refractivity contribution >= 4 is 29.1 Å². The number of nitriles is 1. The Kier molecular flexibility index (Phi) is 6.61. The third-order valence-corrected chi connectivity index (χ3v) is 4.43. The lowest BCUT2D eigenvalue weighted by Crippen LogP contribution is -2.14. The van der Waals surface area contributed by atoms with E-state index in [1.54, 1.807) is 49.6 Å². The summed E-state index contributed by atoms with van der Waals surface area (Å²) in [6, 6.07) is 14.1. The maximum absolute atomic E-state index is 12.0. The first kappa shape index (κ1) is 18.6. The molecule has 25 heavy (non-hydrogen) atoms. The molecule has 2 aromatic carbocycles. The van der Waals surface area contributed by atoms with Crippen LogP contribution in [-0.4, -0.2) is 24.6 Å². The van der Waals surface area contributed by atoms with Crippen molar-refractivity contribution in [3.05, 3.63) is 59.2 Å². The quantitative estimate of drug-likeness (QED) is 0.768. The first-order valence-corrected chi connectivity index (χ1v) is 8.74. The molecule has 1 N–H and O–H groups in total. The van der Waals surface area contributed by atoms with E-state index in [9.17, 15) is 9.59 Å². The van der Waals surface area contributed by atoms with Crippen molar-refractivity contribution in [3.63, 3.8) is 0 Å². The van der Waals surface area contributed by atoms with E-state index in [4.69, 9.17) is 10.00 Å². The second kappa shape index (κ2) is 8.90. The predicted octanol–water partition coefficient (Wildman–Crippen LogP) is 3.64. The highest BCUT2D eigenvalue weighted by molar-refractivity contribution is 7.99. The van der Waals surface area contributed by atoms with Gasteiger partial charge in [0.25, 0.3) is 0 Å². The molecule has 0 saturated heterocycles. The number of anilines is 1. The standard InChI is InChI=1S/C19H18N2O3S/c1-13(22)15-6-7-18(24-2)16(9-15)11-25-12-19(23)21-17-5-3-4-14(8-17)10-20/h3-9H,11-12H2,1-2H3,(H,21,23). The van der Waals surface area contributed by atoms with E-state index < -0.39 is 0 Å². The van der Waals surface area contributed by atoms with Crippen LogP contribution in [0.3, 0.4) is 0 Å². The second-order valence-corrected chi connectivity index (χ2v) is 6.30. The number of carbonyl (C=O) groups excluding carboxylic acids is 2. The normalized spacial score (nSPS) is 9.96. The zero-order valence-corrected chi connectivity index (χ0v) is 14.9. The molecule has 5 nitrogen and oxygen atoms in total. The molecule has 2 aromatic rings. The smallest absolute Gasteiger partial charge is 0.234 e. The van der Waals surface area contributed by atoms with Gasteiger partial charge in [0.15, 0.2) is 5.78 Å². The first-order chi connectivity index (χ1) is 12.0. The molecule has 0 atom stereocenters. The Morgan fingerprint density at radius 3 is 2.72 bits per heavy atom. The molecule has 0 aliphatic carbocycles. The third kappa shape index (κ3) is 5.37. The van der Waals surface area contributed by atoms with Gasteiger partial charge >= 0.3 is 0 Å². The number of hydrogen-bond acceptors (Lipinski definition) is 5. The number of hydrogen-bond donors (Lipinski definition) is 1. The number of methoxy groups -OCH3 is 1. The molecule has 2 rings (SSSR count). The molecule has 0 unspecified atom stereocenters. The van der Waals surface area contributed by atoms with Gasteiger partial charge < -0.3 is 10.1 Å². The van der Waals surface area contributed by atoms with Gasteiger partial charge in [-0.2, -0.15) is 5.26 Å². The van der Waals surface area contributed by atoms with Gasteiger partial charge in [-0.25, -0.2) is 0 Å². The molecule has 0 aromatic heterocycles. The van der Waals surface area contributed by atoms with E-state index in [0.717, 1.165) is 5.56 Å². The van der Waals surface area contributed by atoms with Crippen molar-refractivity contribution in [2.24, 2.45) is 0 Å². The minimum Gasteiger partial charge on any atom is -0.496 e. The fraction of sp³-hybridized carbons (Fsp3) is 0.211. The molecule has 0 aliphatic rings. The lowest BCUT2D eigenvalue weighted by Gasteiger charge is -2.10. The van der Waals surface area contributed by atoms with Gasteiger partial charge in [-0.3, -0.25) is 9.59 Å². The van der Waals surface area contributed by atoms with E-state index >= 15 is 0 Å². The van der Waals surface area contributed by atoms with E-state index in [2.05, 4.69) is 5.32 Å². The molecule has 0 radical (unpaired) electrons. The molecular weight excluding hydrogens is 336 g/mol. The van der Waals surface area contributed by atoms with Crippen molar-refractivity contribution in [3.8, 4) is 11.8 Å². The molecule has 0 spiro atoms. The summed E-state index contributed by atoms with van der Waals surface area (Å²) in [5.74, 6) is 1.34. The van der Waals surface area contributed by atoms with Crippen LogP contribution in [0.4, 0.5) is 5.69 Å². The number of ether oxygens (including phenoxy) is 1. The topological polar surface area (TPSA) is 79.2 Å². The number of thioether (sulfide) groups is 1. The molecule has 6 heteroatoms. The van der Waals surface area contributed by atoms with Gasteiger partial charge in [0.05, 0.1) is 24.5 Å². The Labute approximate surface area is 151 Å². The molecule has 128 valence electrons. The summed E-state index contributed by atoms with van der Waals surface area (Å²) in [4.78, 5) is 23.5. The van der Waals surface area contributed by atoms with Crippen LogP contribution in [0, 0.1) is 11.3 Å². The average Bonchev–Trinajstić information content (AvgIpc) is 2.61. The minimum atomic E-state index is -0.151. The molecule has 0 fully saturated rings. The summed E-state index contributed by atoms with van der Waals surface area (Å²) in [5, 5.41) is 11.6. The van der Waals surface area contributed by atoms with Crippen LogP contribution in [0.25, 0.3) is 0 Å². The Balaban J connectivity index is 1.93. The number of nitrogens with one attached hydrogen (secondary N) is 1. The van der Waals surface area contributed by atoms with Crippen molar-refractivity contribution < 1.29 is 14.3 Å². The number of benzene rings is 2. The van der Waals surface area contributed by atoms with E-state index in [-0.39, 0.29) is 17.4 Å². The summed E-state index contributed by atoms with van der Waals surface area (Å²) in [6.07, 6.45) is 0. The molecule has 0 saturated carbocycles. The average molecular weight is 354 g/mol. The minimum absolute atomic E-state index is 0.0102. The predicted molar refractivity (Wildman–Crippen MR) is 98.9 cm³/mol. The molecule has 0 heterocycles. The fourth-order valence-corrected chi connectivity index (χ4v) is 3.03. The third-order valence-electron chi connectivity index (χ3n) is 3.45. The number of carbonyl (C=O) groups is 2. The van der Waals surface area contributed by atoms with Crippen molar-refractivity contribution in [2.45, 2.75) is 12.7 Å². The van der Waals surface area contributed by atoms with Gasteiger partial charge in [-0.05, 0) is 43.3 Å². The van der Waals surface area contributed by atoms with Crippen LogP contribution in [0.2, 0.25) is 0 Å². The fourth-order valence-electron chi connectivity index (χ4n) is 2.23. The maximum atomic E-state index is 12.0. The van der Waals surface area contributed by atoms with Gasteiger partial charge in [0.1, 0.15) is 5.75 Å². The van der Waals surface area contributed by atoms with Crippen LogP contribution in [0.5, 0.6) is 5.75 Å². The zero-order valence-electron chi connectivity index (χ0n) is 14.0. The SMILES string of the molecule is COc1ccc(C(C)=O)cc1CSCC(=O)Nc1cccc(C#N)c1. The summed E-state index contributed by atoms with van der Waals surface area (Å²) in [5.41, 5.74) is 2.59. The number of Topliss-reactive ketones (excluding diaryl/α,β-unsaturated/α-hetero) is 1. The molecule has 0 aliphatic heterocycles. The monoisotopic (exact) mass is 354 g/mol. The van der Waals surface area contributed by atoms with Crippen LogP contribution in [0.15, 0.2) is 42.5 Å². The first-order valence-electron chi connectivity index (χ1n) is 7.59. The van der Waals surface area contributed by atoms with E-state index in [1.165, 1.54) is 18.7 Å². The highest BCUT2D eigenvalue weighted by atomic mass is 32.2. The second-order valence-electron chi connectivity index (χ2n) is 5.32. The van der Waals surface area contributed by atoms with E-state index in [0.29, 0.717) is 28.3 Å². The van der Waals surface area contributed by atoms with Crippen LogP contribution < -0.4 is 10.1 Å². The van der Waals surface area contributed by atoms with Gasteiger partial charge in [-0.1, -0.05) is 6.07 Å². The van der Waals surface area contributed by atoms with Gasteiger partial charge in [-0.15, -0.1) is 11.8 Å². The molecule has 1 amide bonds. The lowest BCUT2D eigenvalue weighted by molar-refractivity contribution is -0.113. The van der Waals surface area contributed by atoms with Gasteiger partial charge in [0, 0.05) is 22.6 Å². The maximum Gasteiger partial charge on any atom is 0.234 e. The largest absolute Gasteiger partial charge is 0.496 e. The number of amides is 1. The zero-order chi connectivity index (χ0) is 18.2. The number of nitrogens with zero attached hydrogens (tertiary/aromatic N) is 1. The van der Waals surface area contributed by atoms with Crippen LogP contribution >= 0.6 is 11.8 Å². The lowest BCUT2D eigenvalue weighted by atomic mass is 10.1. The number of ketones is 1. The van der Waals surface area contributed by atoms with Crippen molar-refractivity contribution in [1.82, 2.24) is 0 Å². The summed E-state index contributed by atoms with van der Waals surface area (Å²) < 4.78 is 5.30. The summed E-state index contributed by atoms with van der Waals surface area (Å²) >= 11 is 1.43. The van der Waals surface area contributed by atoms with Crippen molar-refractivity contribution in [1.29, 1.82) is 5.26 Å². The summed E-state index contributed by atoms with van der Waals surface area (Å²) in [7, 11) is 1.58. The van der Waals surface area contributed by atoms with Crippen LogP contribution in [-0.2, 0) is 10.5 Å². The molecule has 0 bridgehead atoms. The van der Waals surface area contributed by atoms with Gasteiger partial charge in [0.2, 0.25) is 5.91 Å². The number of rotatable bonds is 7. The Morgan fingerprint density at radius 1 is 1.24 bits per heavy atom. The highest BCUT2D eigenvalue weighted by Gasteiger charge is 2.09. The Hall–Kier alpha value is -2.78.